The highest BCUT2D eigenvalue weighted by Gasteiger charge is 2.55. The molecular formula is C15H24NO20S3-3. The molecule has 2 rings (SSSR count). The molecule has 21 nitrogen and oxygen atoms in total. The van der Waals surface area contributed by atoms with Gasteiger partial charge in [0.1, 0.15) is 54.5 Å². The molecule has 0 saturated carbocycles. The van der Waals surface area contributed by atoms with Crippen LogP contribution in [0.1, 0.15) is 0 Å². The number of ether oxygens (including phenoxy) is 6. The summed E-state index contributed by atoms with van der Waals surface area (Å²) in [6.07, 6.45) is -17.8. The molecule has 2 aliphatic rings. The molecule has 2 saturated heterocycles. The predicted octanol–water partition coefficient (Wildman–Crippen LogP) is -5.62. The summed E-state index contributed by atoms with van der Waals surface area (Å²) in [5, 5.41) is 21.5. The Bertz CT molecular complexity index is 1050. The first-order valence-electron chi connectivity index (χ1n) is 10.2. The van der Waals surface area contributed by atoms with E-state index in [1.807, 2.05) is 0 Å². The maximum Gasteiger partial charge on any atom is 0.337 e. The van der Waals surface area contributed by atoms with Gasteiger partial charge < -0.3 is 52.3 Å². The summed E-state index contributed by atoms with van der Waals surface area (Å²) in [5.41, 5.74) is 0. The van der Waals surface area contributed by atoms with E-state index in [1.54, 1.807) is 0 Å². The van der Waals surface area contributed by atoms with Crippen LogP contribution in [0.2, 0.25) is 0 Å². The Hall–Kier alpha value is -1.04. The van der Waals surface area contributed by atoms with E-state index in [4.69, 9.17) is 23.7 Å². The normalized spacial score (nSPS) is 36.8. The fraction of sp³-hybridized carbons (Fsp3) is 0.933. The van der Waals surface area contributed by atoms with Gasteiger partial charge >= 0.3 is 5.97 Å². The molecule has 0 aromatic heterocycles. The lowest BCUT2D eigenvalue weighted by molar-refractivity contribution is -0.349. The molecule has 0 bridgehead atoms. The van der Waals surface area contributed by atoms with Gasteiger partial charge in [0, 0.05) is 14.2 Å². The van der Waals surface area contributed by atoms with Crippen molar-refractivity contribution in [3.8, 4) is 0 Å². The minimum absolute atomic E-state index is 0.919. The number of aliphatic hydroxyl groups excluding tert-OH is 2. The minimum Gasteiger partial charge on any atom is -0.748 e. The van der Waals surface area contributed by atoms with Gasteiger partial charge in [-0.2, -0.15) is 0 Å². The van der Waals surface area contributed by atoms with Gasteiger partial charge in [-0.15, -0.1) is 4.33 Å². The van der Waals surface area contributed by atoms with Crippen LogP contribution in [0, 0.1) is 0 Å². The average molecular weight is 635 g/mol. The first-order chi connectivity index (χ1) is 18.0. The van der Waals surface area contributed by atoms with Gasteiger partial charge in [-0.1, -0.05) is 0 Å². The van der Waals surface area contributed by atoms with Gasteiger partial charge in [0.15, 0.2) is 35.1 Å². The van der Waals surface area contributed by atoms with Crippen molar-refractivity contribution in [1.82, 2.24) is 4.72 Å². The van der Waals surface area contributed by atoms with E-state index in [0.717, 1.165) is 21.3 Å². The number of carbonyl (C=O) groups is 1. The van der Waals surface area contributed by atoms with Crippen LogP contribution in [0.5, 0.6) is 0 Å². The number of aliphatic hydroxyl groups is 2. The van der Waals surface area contributed by atoms with Gasteiger partial charge in [0.05, 0.1) is 7.11 Å². The molecule has 3 N–H and O–H groups in total. The first kappa shape index (κ1) is 34.2. The van der Waals surface area contributed by atoms with E-state index in [0.29, 0.717) is 0 Å². The summed E-state index contributed by atoms with van der Waals surface area (Å²) in [7, 11) is -8.02. The Morgan fingerprint density at radius 2 is 1.62 bits per heavy atom. The predicted molar refractivity (Wildman–Crippen MR) is 111 cm³/mol. The highest BCUT2D eigenvalue weighted by Crippen LogP contribution is 2.32. The molecule has 2 fully saturated rings. The van der Waals surface area contributed by atoms with E-state index < -0.39 is 106 Å². The molecule has 11 atom stereocenters. The Kier molecular flexibility index (Phi) is 12.5. The number of hydrogen-bond donors (Lipinski definition) is 3. The SMILES string of the molecule is COC(=O)C1O[C@@H](O[C@H]2C(O)C(NS(=O)(=O)[O-])[C@@H](OC)O[C@@H]2COOS(=O)[O-])C(OS(=O)(=O)[O-])[C@H](O)[C@H]1OC. The Morgan fingerprint density at radius 3 is 2.10 bits per heavy atom. The lowest BCUT2D eigenvalue weighted by Crippen LogP contribution is -2.68. The molecule has 24 heteroatoms. The Morgan fingerprint density at radius 1 is 0.974 bits per heavy atom. The molecule has 39 heavy (non-hydrogen) atoms. The molecule has 0 aromatic carbocycles. The second kappa shape index (κ2) is 14.2. The molecule has 0 radical (unpaired) electrons. The summed E-state index contributed by atoms with van der Waals surface area (Å²) in [4.78, 5) is 16.6. The molecule has 2 aliphatic heterocycles. The van der Waals surface area contributed by atoms with E-state index >= 15 is 0 Å². The van der Waals surface area contributed by atoms with Crippen LogP contribution in [0.3, 0.4) is 0 Å². The minimum atomic E-state index is -5.61. The smallest absolute Gasteiger partial charge is 0.337 e. The third-order valence-electron chi connectivity index (χ3n) is 5.27. The largest absolute Gasteiger partial charge is 0.748 e. The fourth-order valence-electron chi connectivity index (χ4n) is 3.75. The van der Waals surface area contributed by atoms with Crippen LogP contribution in [0.4, 0.5) is 0 Å². The van der Waals surface area contributed by atoms with Crippen molar-refractivity contribution in [3.63, 3.8) is 0 Å². The molecule has 0 aliphatic carbocycles. The van der Waals surface area contributed by atoms with Crippen LogP contribution >= 0.6 is 0 Å². The van der Waals surface area contributed by atoms with E-state index in [-0.39, 0.29) is 0 Å². The van der Waals surface area contributed by atoms with Crippen LogP contribution < -0.4 is 4.72 Å². The lowest BCUT2D eigenvalue weighted by atomic mass is 9.96. The zero-order valence-electron chi connectivity index (χ0n) is 19.9. The number of nitrogens with one attached hydrogen (secondary N) is 1. The van der Waals surface area contributed by atoms with Crippen molar-refractivity contribution in [1.29, 1.82) is 0 Å². The van der Waals surface area contributed by atoms with Crippen LogP contribution in [0.15, 0.2) is 0 Å². The molecule has 0 aromatic rings. The highest BCUT2D eigenvalue weighted by molar-refractivity contribution is 7.83. The summed E-state index contributed by atoms with van der Waals surface area (Å²) in [6.45, 7) is -0.922. The third-order valence-corrected chi connectivity index (χ3v) is 6.49. The van der Waals surface area contributed by atoms with Crippen LogP contribution in [-0.4, -0.2) is 140 Å². The molecular weight excluding hydrogens is 610 g/mol. The van der Waals surface area contributed by atoms with Gasteiger partial charge in [0.2, 0.25) is 10.4 Å². The second-order valence-electron chi connectivity index (χ2n) is 7.63. The summed E-state index contributed by atoms with van der Waals surface area (Å²) < 4.78 is 129. The van der Waals surface area contributed by atoms with Crippen molar-refractivity contribution in [2.24, 2.45) is 0 Å². The molecule has 2 heterocycles. The van der Waals surface area contributed by atoms with Crippen molar-refractivity contribution in [2.45, 2.75) is 61.3 Å². The zero-order chi connectivity index (χ0) is 29.7. The van der Waals surface area contributed by atoms with Crippen molar-refractivity contribution in [2.75, 3.05) is 27.9 Å². The third kappa shape index (κ3) is 9.50. The van der Waals surface area contributed by atoms with Crippen LogP contribution in [0.25, 0.3) is 0 Å². The Labute approximate surface area is 223 Å². The zero-order valence-corrected chi connectivity index (χ0v) is 22.4. The number of methoxy groups -OCH3 is 3. The molecule has 230 valence electrons. The van der Waals surface area contributed by atoms with Gasteiger partial charge in [-0.3, -0.25) is 4.18 Å². The van der Waals surface area contributed by atoms with Crippen molar-refractivity contribution in [3.05, 3.63) is 0 Å². The quantitative estimate of drug-likeness (QED) is 0.0424. The fourth-order valence-corrected chi connectivity index (χ4v) is 4.94. The number of rotatable bonds is 13. The number of esters is 1. The second-order valence-corrected chi connectivity index (χ2v) is 10.3. The van der Waals surface area contributed by atoms with Crippen molar-refractivity contribution >= 4 is 38.0 Å². The average Bonchev–Trinajstić information content (AvgIpc) is 2.82. The van der Waals surface area contributed by atoms with Crippen LogP contribution in [-0.2, 0) is 78.7 Å². The monoisotopic (exact) mass is 634 g/mol. The van der Waals surface area contributed by atoms with Gasteiger partial charge in [-0.25, -0.2) is 35.4 Å². The standard InChI is InChI=1S/C15H27NO20S3/c1-28-10-8(18)11(35-39(25,26)27)15(34-12(10)13(19)29-2)33-9-5(4-31-36-37(20)21)32-14(30-3)6(7(9)17)16-38(22,23)24/h5-12,14-18H,4H2,1-3H3,(H,20,21)(H,22,23,24)(H,25,26,27)/p-3/t5-,6?,7?,8-,9-,10-,11?,12?,14+,15-/m1/s1. The topological polar surface area (TPSA) is 307 Å². The van der Waals surface area contributed by atoms with E-state index in [9.17, 15) is 49.7 Å². The molecule has 0 spiro atoms. The van der Waals surface area contributed by atoms with Gasteiger partial charge in [-0.05, 0) is 0 Å². The summed E-state index contributed by atoms with van der Waals surface area (Å²) in [5.74, 6) is -1.18. The molecule has 0 amide bonds. The van der Waals surface area contributed by atoms with Gasteiger partial charge in [0.25, 0.3) is 0 Å². The van der Waals surface area contributed by atoms with E-state index in [1.165, 1.54) is 4.72 Å². The van der Waals surface area contributed by atoms with Crippen molar-refractivity contribution < 1.29 is 91.5 Å². The number of carbonyl (C=O) groups excluding carboxylic acids is 1. The lowest BCUT2D eigenvalue weighted by Gasteiger charge is -2.47. The highest BCUT2D eigenvalue weighted by atomic mass is 32.3. The maximum atomic E-state index is 12.2. The first-order valence-corrected chi connectivity index (χ1v) is 14.0. The maximum absolute atomic E-state index is 12.2. The summed E-state index contributed by atoms with van der Waals surface area (Å²) in [6, 6.07) is -1.92. The van der Waals surface area contributed by atoms with E-state index in [2.05, 4.69) is 18.1 Å². The number of hydrogen-bond acceptors (Lipinski definition) is 20. The summed E-state index contributed by atoms with van der Waals surface area (Å²) >= 11 is -3.21. The molecule has 5 unspecified atom stereocenters. The Balaban J connectivity index is 2.49.